The molecule has 0 amide bonds. The lowest BCUT2D eigenvalue weighted by atomic mass is 10.0. The van der Waals surface area contributed by atoms with Gasteiger partial charge in [-0.15, -0.1) is 0 Å². The maximum absolute atomic E-state index is 13.3. The van der Waals surface area contributed by atoms with Gasteiger partial charge in [-0.25, -0.2) is 13.9 Å². The van der Waals surface area contributed by atoms with Crippen molar-refractivity contribution < 1.29 is 4.39 Å². The summed E-state index contributed by atoms with van der Waals surface area (Å²) in [6.45, 7) is 2.01. The van der Waals surface area contributed by atoms with E-state index in [-0.39, 0.29) is 5.82 Å². The Hall–Kier alpha value is -3.20. The number of nitrogens with zero attached hydrogens (tertiary/aromatic N) is 5. The summed E-state index contributed by atoms with van der Waals surface area (Å²) in [6.07, 6.45) is 5.96. The van der Waals surface area contributed by atoms with Gasteiger partial charge in [-0.1, -0.05) is 19.1 Å². The van der Waals surface area contributed by atoms with Crippen LogP contribution in [0.4, 0.5) is 4.39 Å². The van der Waals surface area contributed by atoms with Crippen LogP contribution in [0.2, 0.25) is 0 Å². The molecule has 0 aliphatic carbocycles. The van der Waals surface area contributed by atoms with Crippen molar-refractivity contribution in [3.8, 4) is 17.2 Å². The Kier molecular flexibility index (Phi) is 4.48. The number of fused-ring (bicyclic) bond motifs is 1. The molecule has 0 saturated heterocycles. The fraction of sp³-hybridized carbons (Fsp3) is 0.211. The van der Waals surface area contributed by atoms with Gasteiger partial charge in [-0.3, -0.25) is 0 Å². The number of hydrogen-bond acceptors (Lipinski definition) is 4. The molecule has 0 aliphatic heterocycles. The Morgan fingerprint density at radius 3 is 2.60 bits per heavy atom. The van der Waals surface area contributed by atoms with Gasteiger partial charge in [0.25, 0.3) is 0 Å². The molecule has 0 N–H and O–H groups in total. The van der Waals surface area contributed by atoms with E-state index in [0.717, 1.165) is 16.8 Å². The maximum Gasteiger partial charge on any atom is 0.163 e. The lowest BCUT2D eigenvalue weighted by Gasteiger charge is -2.06. The maximum atomic E-state index is 13.3. The molecule has 0 fully saturated rings. The highest BCUT2D eigenvalue weighted by molar-refractivity contribution is 5.81. The molecule has 5 nitrogen and oxygen atoms in total. The van der Waals surface area contributed by atoms with Crippen molar-refractivity contribution in [2.75, 3.05) is 14.1 Å². The SMILES string of the molecule is CCc1nn2c(C=CN(C)C)c(C#N)cnc2c1-c1ccc(F)cc1. The quantitative estimate of drug-likeness (QED) is 0.732. The molecule has 1 aromatic carbocycles. The van der Waals surface area contributed by atoms with Crippen LogP contribution >= 0.6 is 0 Å². The molecule has 0 bridgehead atoms. The van der Waals surface area contributed by atoms with Gasteiger partial charge in [0.1, 0.15) is 11.9 Å². The zero-order valence-corrected chi connectivity index (χ0v) is 14.4. The summed E-state index contributed by atoms with van der Waals surface area (Å²) in [6, 6.07) is 8.46. The Morgan fingerprint density at radius 2 is 2.00 bits per heavy atom. The summed E-state index contributed by atoms with van der Waals surface area (Å²) in [4.78, 5) is 6.33. The van der Waals surface area contributed by atoms with E-state index in [1.165, 1.54) is 12.1 Å². The van der Waals surface area contributed by atoms with E-state index in [1.54, 1.807) is 22.8 Å². The van der Waals surface area contributed by atoms with E-state index < -0.39 is 0 Å². The molecule has 0 radical (unpaired) electrons. The van der Waals surface area contributed by atoms with Gasteiger partial charge < -0.3 is 4.90 Å². The lowest BCUT2D eigenvalue weighted by molar-refractivity contribution is 0.567. The molecular formula is C19H18FN5. The molecule has 25 heavy (non-hydrogen) atoms. The summed E-state index contributed by atoms with van der Waals surface area (Å²) in [5.41, 5.74) is 4.35. The van der Waals surface area contributed by atoms with Crippen LogP contribution in [-0.2, 0) is 6.42 Å². The molecule has 3 aromatic rings. The van der Waals surface area contributed by atoms with Crippen LogP contribution in [0.1, 0.15) is 23.9 Å². The topological polar surface area (TPSA) is 57.2 Å². The number of nitriles is 1. The second-order valence-corrected chi connectivity index (χ2v) is 5.87. The smallest absolute Gasteiger partial charge is 0.163 e. The highest BCUT2D eigenvalue weighted by Crippen LogP contribution is 2.29. The van der Waals surface area contributed by atoms with E-state index in [0.29, 0.717) is 23.3 Å². The summed E-state index contributed by atoms with van der Waals surface area (Å²) in [5.74, 6) is -0.285. The minimum Gasteiger partial charge on any atom is -0.383 e. The van der Waals surface area contributed by atoms with Crippen LogP contribution in [0.15, 0.2) is 36.7 Å². The number of aromatic nitrogens is 3. The number of benzene rings is 1. The first-order valence-corrected chi connectivity index (χ1v) is 7.96. The van der Waals surface area contributed by atoms with Crippen LogP contribution in [0, 0.1) is 17.1 Å². The van der Waals surface area contributed by atoms with Crippen molar-refractivity contribution in [2.24, 2.45) is 0 Å². The Balaban J connectivity index is 2.31. The van der Waals surface area contributed by atoms with Gasteiger partial charge in [-0.05, 0) is 30.2 Å². The summed E-state index contributed by atoms with van der Waals surface area (Å²) in [5, 5.41) is 14.1. The zero-order chi connectivity index (χ0) is 18.0. The second kappa shape index (κ2) is 6.73. The van der Waals surface area contributed by atoms with Crippen LogP contribution in [-0.4, -0.2) is 33.6 Å². The van der Waals surface area contributed by atoms with Gasteiger partial charge in [0.15, 0.2) is 5.65 Å². The van der Waals surface area contributed by atoms with Gasteiger partial charge >= 0.3 is 0 Å². The Bertz CT molecular complexity index is 978. The standard InChI is InChI=1S/C19H18FN5/c1-4-16-18(13-5-7-15(20)8-6-13)19-22-12-14(11-21)17(25(19)23-16)9-10-24(2)3/h5-10,12H,4H2,1-3H3. The Morgan fingerprint density at radius 1 is 1.28 bits per heavy atom. The van der Waals surface area contributed by atoms with E-state index in [4.69, 9.17) is 0 Å². The Labute approximate surface area is 145 Å². The molecule has 0 aliphatic rings. The third-order valence-corrected chi connectivity index (χ3v) is 3.87. The first-order valence-electron chi connectivity index (χ1n) is 7.96. The minimum atomic E-state index is -0.285. The van der Waals surface area contributed by atoms with E-state index >= 15 is 0 Å². The van der Waals surface area contributed by atoms with Crippen molar-refractivity contribution in [3.63, 3.8) is 0 Å². The monoisotopic (exact) mass is 335 g/mol. The minimum absolute atomic E-state index is 0.285. The number of aryl methyl sites for hydroxylation is 1. The van der Waals surface area contributed by atoms with Gasteiger partial charge in [0, 0.05) is 32.1 Å². The summed E-state index contributed by atoms with van der Waals surface area (Å²) < 4.78 is 15.0. The third-order valence-electron chi connectivity index (χ3n) is 3.87. The largest absolute Gasteiger partial charge is 0.383 e. The molecule has 6 heteroatoms. The molecular weight excluding hydrogens is 317 g/mol. The van der Waals surface area contributed by atoms with Crippen LogP contribution in [0.3, 0.4) is 0 Å². The predicted octanol–water partition coefficient (Wildman–Crippen LogP) is 3.50. The van der Waals surface area contributed by atoms with Crippen LogP contribution in [0.5, 0.6) is 0 Å². The summed E-state index contributed by atoms with van der Waals surface area (Å²) >= 11 is 0. The molecule has 2 aromatic heterocycles. The lowest BCUT2D eigenvalue weighted by Crippen LogP contribution is -2.03. The van der Waals surface area contributed by atoms with Crippen LogP contribution < -0.4 is 0 Å². The van der Waals surface area contributed by atoms with E-state index in [1.807, 2.05) is 38.2 Å². The van der Waals surface area contributed by atoms with Gasteiger partial charge in [0.05, 0.1) is 17.0 Å². The molecule has 126 valence electrons. The second-order valence-electron chi connectivity index (χ2n) is 5.87. The highest BCUT2D eigenvalue weighted by atomic mass is 19.1. The molecule has 0 spiro atoms. The molecule has 2 heterocycles. The third kappa shape index (κ3) is 3.09. The average molecular weight is 335 g/mol. The number of halogens is 1. The van der Waals surface area contributed by atoms with E-state index in [2.05, 4.69) is 16.2 Å². The van der Waals surface area contributed by atoms with Crippen molar-refractivity contribution in [1.82, 2.24) is 19.5 Å². The molecule has 0 unspecified atom stereocenters. The number of rotatable bonds is 4. The number of hydrogen-bond donors (Lipinski definition) is 0. The fourth-order valence-corrected chi connectivity index (χ4v) is 2.67. The highest BCUT2D eigenvalue weighted by Gasteiger charge is 2.18. The molecule has 3 rings (SSSR count). The molecule has 0 saturated carbocycles. The van der Waals surface area contributed by atoms with Crippen molar-refractivity contribution >= 4 is 11.7 Å². The zero-order valence-electron chi connectivity index (χ0n) is 14.4. The average Bonchev–Trinajstić information content (AvgIpc) is 2.98. The van der Waals surface area contributed by atoms with E-state index in [9.17, 15) is 9.65 Å². The first-order chi connectivity index (χ1) is 12.0. The van der Waals surface area contributed by atoms with Crippen molar-refractivity contribution in [1.29, 1.82) is 5.26 Å². The summed E-state index contributed by atoms with van der Waals surface area (Å²) in [7, 11) is 3.82. The predicted molar refractivity (Wildman–Crippen MR) is 95.2 cm³/mol. The van der Waals surface area contributed by atoms with Crippen molar-refractivity contribution in [3.05, 3.63) is 59.4 Å². The van der Waals surface area contributed by atoms with Crippen LogP contribution in [0.25, 0.3) is 22.9 Å². The molecule has 0 atom stereocenters. The van der Waals surface area contributed by atoms with Crippen molar-refractivity contribution in [2.45, 2.75) is 13.3 Å². The fourth-order valence-electron chi connectivity index (χ4n) is 2.67. The van der Waals surface area contributed by atoms with Gasteiger partial charge in [0.2, 0.25) is 0 Å². The first kappa shape index (κ1) is 16.7. The van der Waals surface area contributed by atoms with Gasteiger partial charge in [-0.2, -0.15) is 10.4 Å². The normalized spacial score (nSPS) is 11.2.